The Kier molecular flexibility index (Phi) is 4.98. The van der Waals surface area contributed by atoms with E-state index in [9.17, 15) is 14.0 Å². The van der Waals surface area contributed by atoms with E-state index in [1.165, 1.54) is 36.5 Å². The zero-order valence-corrected chi connectivity index (χ0v) is 16.5. The van der Waals surface area contributed by atoms with Gasteiger partial charge >= 0.3 is 5.69 Å². The average Bonchev–Trinajstić information content (AvgIpc) is 2.75. The Bertz CT molecular complexity index is 1330. The molecule has 0 aliphatic heterocycles. The summed E-state index contributed by atoms with van der Waals surface area (Å²) in [5.74, 6) is 0.138. The van der Waals surface area contributed by atoms with Crippen LogP contribution in [0.2, 0.25) is 0 Å². The molecule has 0 aliphatic rings. The molecule has 29 heavy (non-hydrogen) atoms. The lowest BCUT2D eigenvalue weighted by Crippen LogP contribution is -2.37. The van der Waals surface area contributed by atoms with Gasteiger partial charge in [0, 0.05) is 32.2 Å². The van der Waals surface area contributed by atoms with Crippen molar-refractivity contribution in [1.29, 1.82) is 0 Å². The van der Waals surface area contributed by atoms with Gasteiger partial charge in [-0.3, -0.25) is 18.9 Å². The molecule has 4 rings (SSSR count). The highest BCUT2D eigenvalue weighted by Gasteiger charge is 2.19. The third-order valence-electron chi connectivity index (χ3n) is 4.48. The molecular formula is C20H16FN5O2S. The Morgan fingerprint density at radius 1 is 1.03 bits per heavy atom. The topological polar surface area (TPSA) is 82.7 Å². The van der Waals surface area contributed by atoms with Gasteiger partial charge < -0.3 is 0 Å². The van der Waals surface area contributed by atoms with Gasteiger partial charge in [-0.25, -0.2) is 19.2 Å². The molecule has 3 aromatic heterocycles. The summed E-state index contributed by atoms with van der Waals surface area (Å²) in [6, 6.07) is 9.86. The smallest absolute Gasteiger partial charge is 0.280 e. The molecule has 0 N–H and O–H groups in total. The number of aryl methyl sites for hydroxylation is 1. The summed E-state index contributed by atoms with van der Waals surface area (Å²) in [6.07, 6.45) is 3.40. The summed E-state index contributed by atoms with van der Waals surface area (Å²) >= 11 is 1.31. The van der Waals surface area contributed by atoms with Crippen molar-refractivity contribution in [2.45, 2.75) is 10.8 Å². The van der Waals surface area contributed by atoms with Crippen LogP contribution >= 0.6 is 11.8 Å². The minimum atomic E-state index is -0.510. The van der Waals surface area contributed by atoms with E-state index in [0.29, 0.717) is 10.8 Å². The third kappa shape index (κ3) is 3.44. The van der Waals surface area contributed by atoms with Gasteiger partial charge in [0.1, 0.15) is 16.2 Å². The van der Waals surface area contributed by atoms with E-state index in [-0.39, 0.29) is 22.4 Å². The number of fused-ring (bicyclic) bond motifs is 1. The molecule has 0 saturated carbocycles. The van der Waals surface area contributed by atoms with Crippen molar-refractivity contribution in [2.24, 2.45) is 14.1 Å². The summed E-state index contributed by atoms with van der Waals surface area (Å²) in [5, 5.41) is 0.608. The van der Waals surface area contributed by atoms with E-state index in [0.717, 1.165) is 10.1 Å². The lowest BCUT2D eigenvalue weighted by Gasteiger charge is -2.12. The van der Waals surface area contributed by atoms with Crippen LogP contribution < -0.4 is 11.2 Å². The van der Waals surface area contributed by atoms with Crippen LogP contribution in [0.4, 0.5) is 4.39 Å². The van der Waals surface area contributed by atoms with Crippen LogP contribution in [0.3, 0.4) is 0 Å². The fourth-order valence-corrected chi connectivity index (χ4v) is 3.88. The van der Waals surface area contributed by atoms with Crippen LogP contribution in [0, 0.1) is 5.82 Å². The predicted octanol–water partition coefficient (Wildman–Crippen LogP) is 2.52. The minimum Gasteiger partial charge on any atom is -0.280 e. The number of rotatable bonds is 4. The normalized spacial score (nSPS) is 11.1. The molecule has 146 valence electrons. The Labute approximate surface area is 168 Å². The molecule has 1 aromatic carbocycles. The molecule has 0 bridgehead atoms. The average molecular weight is 409 g/mol. The van der Waals surface area contributed by atoms with E-state index in [1.54, 1.807) is 30.6 Å². The van der Waals surface area contributed by atoms with Gasteiger partial charge in [0.2, 0.25) is 0 Å². The maximum Gasteiger partial charge on any atom is 0.332 e. The number of benzene rings is 1. The Balaban J connectivity index is 1.97. The number of aromatic nitrogens is 5. The molecule has 0 amide bonds. The summed E-state index contributed by atoms with van der Waals surface area (Å²) in [7, 11) is 2.93. The number of nitrogens with zero attached hydrogens (tertiary/aromatic N) is 5. The highest BCUT2D eigenvalue weighted by molar-refractivity contribution is 7.98. The van der Waals surface area contributed by atoms with Gasteiger partial charge in [0.15, 0.2) is 11.5 Å². The van der Waals surface area contributed by atoms with E-state index in [4.69, 9.17) is 0 Å². The van der Waals surface area contributed by atoms with Crippen molar-refractivity contribution in [1.82, 2.24) is 24.1 Å². The first-order valence-corrected chi connectivity index (χ1v) is 9.70. The minimum absolute atomic E-state index is 0.118. The van der Waals surface area contributed by atoms with Crippen molar-refractivity contribution in [3.8, 4) is 11.4 Å². The molecule has 0 atom stereocenters. The molecule has 0 spiro atoms. The molecule has 9 heteroatoms. The van der Waals surface area contributed by atoms with Crippen molar-refractivity contribution in [3.05, 3.63) is 81.0 Å². The van der Waals surface area contributed by atoms with Gasteiger partial charge in [-0.1, -0.05) is 18.2 Å². The summed E-state index contributed by atoms with van der Waals surface area (Å²) < 4.78 is 16.6. The molecule has 0 aliphatic carbocycles. The zero-order chi connectivity index (χ0) is 20.5. The largest absolute Gasteiger partial charge is 0.332 e. The van der Waals surface area contributed by atoms with Crippen LogP contribution in [0.1, 0.15) is 5.56 Å². The lowest BCUT2D eigenvalue weighted by atomic mass is 10.2. The first kappa shape index (κ1) is 19.0. The van der Waals surface area contributed by atoms with Crippen molar-refractivity contribution in [3.63, 3.8) is 0 Å². The third-order valence-corrected chi connectivity index (χ3v) is 5.53. The fourth-order valence-electron chi connectivity index (χ4n) is 2.93. The highest BCUT2D eigenvalue weighted by Crippen LogP contribution is 2.29. The number of pyridine rings is 1. The SMILES string of the molecule is Cn1c(=O)c2c(SCc3cccnc3)nc(-c3ccccc3F)nc2n(C)c1=O. The summed E-state index contributed by atoms with van der Waals surface area (Å²) in [4.78, 5) is 38.1. The van der Waals surface area contributed by atoms with Gasteiger partial charge in [0.25, 0.3) is 5.56 Å². The van der Waals surface area contributed by atoms with Crippen molar-refractivity contribution < 1.29 is 4.39 Å². The van der Waals surface area contributed by atoms with Crippen LogP contribution in [-0.4, -0.2) is 24.1 Å². The molecule has 0 saturated heterocycles. The Morgan fingerprint density at radius 3 is 2.55 bits per heavy atom. The molecule has 3 heterocycles. The van der Waals surface area contributed by atoms with Crippen LogP contribution in [0.5, 0.6) is 0 Å². The molecule has 4 aromatic rings. The van der Waals surface area contributed by atoms with Gasteiger partial charge in [-0.15, -0.1) is 11.8 Å². The van der Waals surface area contributed by atoms with Crippen molar-refractivity contribution in [2.75, 3.05) is 0 Å². The number of thioether (sulfide) groups is 1. The predicted molar refractivity (Wildman–Crippen MR) is 109 cm³/mol. The standard InChI is InChI=1S/C20H16FN5O2S/c1-25-17-15(19(27)26(2)20(25)28)18(29-11-12-6-5-9-22-10-12)24-16(23-17)13-7-3-4-8-14(13)21/h3-10H,11H2,1-2H3. The first-order chi connectivity index (χ1) is 14.0. The highest BCUT2D eigenvalue weighted by atomic mass is 32.2. The van der Waals surface area contributed by atoms with Crippen LogP contribution in [0.15, 0.2) is 63.4 Å². The van der Waals surface area contributed by atoms with Gasteiger partial charge in [0.05, 0.1) is 5.56 Å². The Hall–Kier alpha value is -3.33. The van der Waals surface area contributed by atoms with Crippen LogP contribution in [-0.2, 0) is 19.8 Å². The molecule has 0 fully saturated rings. The van der Waals surface area contributed by atoms with E-state index in [1.807, 2.05) is 12.1 Å². The monoisotopic (exact) mass is 409 g/mol. The second kappa shape index (κ2) is 7.59. The second-order valence-corrected chi connectivity index (χ2v) is 7.35. The maximum absolute atomic E-state index is 14.4. The van der Waals surface area contributed by atoms with E-state index in [2.05, 4.69) is 15.0 Å². The number of hydrogen-bond donors (Lipinski definition) is 0. The van der Waals surface area contributed by atoms with E-state index >= 15 is 0 Å². The van der Waals surface area contributed by atoms with E-state index < -0.39 is 17.1 Å². The fraction of sp³-hybridized carbons (Fsp3) is 0.150. The number of halogens is 1. The zero-order valence-electron chi connectivity index (χ0n) is 15.7. The Morgan fingerprint density at radius 2 is 1.83 bits per heavy atom. The first-order valence-electron chi connectivity index (χ1n) is 8.71. The molecular weight excluding hydrogens is 393 g/mol. The number of hydrogen-bond acceptors (Lipinski definition) is 6. The summed E-state index contributed by atoms with van der Waals surface area (Å²) in [6.45, 7) is 0. The molecule has 0 unspecified atom stereocenters. The maximum atomic E-state index is 14.4. The van der Waals surface area contributed by atoms with Gasteiger partial charge in [-0.2, -0.15) is 0 Å². The molecule has 0 radical (unpaired) electrons. The molecule has 7 nitrogen and oxygen atoms in total. The second-order valence-electron chi connectivity index (χ2n) is 6.39. The quantitative estimate of drug-likeness (QED) is 0.381. The van der Waals surface area contributed by atoms with Crippen molar-refractivity contribution >= 4 is 22.8 Å². The van der Waals surface area contributed by atoms with Crippen LogP contribution in [0.25, 0.3) is 22.4 Å². The lowest BCUT2D eigenvalue weighted by molar-refractivity contribution is 0.629. The summed E-state index contributed by atoms with van der Waals surface area (Å²) in [5.41, 5.74) is 0.310. The van der Waals surface area contributed by atoms with Gasteiger partial charge in [-0.05, 0) is 23.8 Å².